The summed E-state index contributed by atoms with van der Waals surface area (Å²) >= 11 is 0. The second kappa shape index (κ2) is 6.59. The molecule has 0 aromatic heterocycles. The zero-order valence-electron chi connectivity index (χ0n) is 10.5. The number of hydrogen-bond donors (Lipinski definition) is 1. The lowest BCUT2D eigenvalue weighted by Gasteiger charge is -2.37. The molecule has 2 unspecified atom stereocenters. The van der Waals surface area contributed by atoms with Crippen molar-refractivity contribution in [1.29, 1.82) is 0 Å². The maximum atomic E-state index is 11.9. The number of carbonyl (C=O) groups is 2. The van der Waals surface area contributed by atoms with Gasteiger partial charge in [-0.1, -0.05) is 0 Å². The van der Waals surface area contributed by atoms with Crippen LogP contribution in [0.15, 0.2) is 0 Å². The lowest BCUT2D eigenvalue weighted by molar-refractivity contribution is -0.144. The minimum atomic E-state index is -0.800. The zero-order valence-corrected chi connectivity index (χ0v) is 10.5. The molecule has 0 aromatic rings. The Kier molecular flexibility index (Phi) is 5.41. The number of aliphatic carboxylic acids is 1. The molecule has 98 valence electrons. The van der Waals surface area contributed by atoms with E-state index in [1.165, 1.54) is 0 Å². The number of nitrogens with zero attached hydrogens (tertiary/aromatic N) is 1. The number of carbonyl (C=O) groups excluding carboxylic acids is 1. The Morgan fingerprint density at radius 3 is 2.59 bits per heavy atom. The molecule has 5 heteroatoms. The first kappa shape index (κ1) is 14.0. The largest absolute Gasteiger partial charge is 0.481 e. The molecule has 0 spiro atoms. The molecule has 1 aliphatic heterocycles. The van der Waals surface area contributed by atoms with Gasteiger partial charge in [0.1, 0.15) is 0 Å². The van der Waals surface area contributed by atoms with Crippen LogP contribution >= 0.6 is 0 Å². The van der Waals surface area contributed by atoms with Crippen molar-refractivity contribution in [2.45, 2.75) is 51.7 Å². The Balaban J connectivity index is 2.29. The zero-order chi connectivity index (χ0) is 12.8. The van der Waals surface area contributed by atoms with Crippen LogP contribution in [0.5, 0.6) is 0 Å². The van der Waals surface area contributed by atoms with Crippen LogP contribution in [0.4, 0.5) is 0 Å². The molecule has 0 saturated carbocycles. The van der Waals surface area contributed by atoms with Crippen LogP contribution in [-0.4, -0.2) is 47.2 Å². The smallest absolute Gasteiger partial charge is 0.303 e. The molecule has 1 N–H and O–H groups in total. The number of ether oxygens (including phenoxy) is 1. The SMILES string of the molecule is CC1OCCN(C(=O)CCCCC(=O)O)C1C. The maximum absolute atomic E-state index is 11.9. The van der Waals surface area contributed by atoms with Crippen LogP contribution < -0.4 is 0 Å². The van der Waals surface area contributed by atoms with Gasteiger partial charge in [-0.3, -0.25) is 9.59 Å². The molecule has 1 fully saturated rings. The molecule has 1 aliphatic rings. The molecular formula is C12H21NO4. The number of carboxylic acids is 1. The highest BCUT2D eigenvalue weighted by atomic mass is 16.5. The molecular weight excluding hydrogens is 222 g/mol. The fraction of sp³-hybridized carbons (Fsp3) is 0.833. The Morgan fingerprint density at radius 1 is 1.29 bits per heavy atom. The summed E-state index contributed by atoms with van der Waals surface area (Å²) in [5, 5.41) is 8.49. The topological polar surface area (TPSA) is 66.8 Å². The Bertz CT molecular complexity index is 280. The summed E-state index contributed by atoms with van der Waals surface area (Å²) in [7, 11) is 0. The molecule has 2 atom stereocenters. The number of amides is 1. The predicted molar refractivity (Wildman–Crippen MR) is 62.7 cm³/mol. The maximum Gasteiger partial charge on any atom is 0.303 e. The van der Waals surface area contributed by atoms with Gasteiger partial charge >= 0.3 is 5.97 Å². The van der Waals surface area contributed by atoms with E-state index in [2.05, 4.69) is 0 Å². The Morgan fingerprint density at radius 2 is 1.94 bits per heavy atom. The van der Waals surface area contributed by atoms with Crippen molar-refractivity contribution in [2.24, 2.45) is 0 Å². The van der Waals surface area contributed by atoms with E-state index in [9.17, 15) is 9.59 Å². The van der Waals surface area contributed by atoms with E-state index in [1.54, 1.807) is 0 Å². The van der Waals surface area contributed by atoms with Crippen molar-refractivity contribution in [3.05, 3.63) is 0 Å². The summed E-state index contributed by atoms with van der Waals surface area (Å²) in [6, 6.07) is 0.107. The quantitative estimate of drug-likeness (QED) is 0.738. The number of morpholine rings is 1. The highest BCUT2D eigenvalue weighted by molar-refractivity contribution is 5.76. The van der Waals surface area contributed by atoms with Gasteiger partial charge < -0.3 is 14.7 Å². The van der Waals surface area contributed by atoms with Gasteiger partial charge in [-0.15, -0.1) is 0 Å². The Labute approximate surface area is 102 Å². The summed E-state index contributed by atoms with van der Waals surface area (Å²) < 4.78 is 5.46. The molecule has 0 radical (unpaired) electrons. The third-order valence-electron chi connectivity index (χ3n) is 3.24. The molecule has 0 aliphatic carbocycles. The van der Waals surface area contributed by atoms with Crippen molar-refractivity contribution in [2.75, 3.05) is 13.2 Å². The van der Waals surface area contributed by atoms with Crippen LogP contribution in [0.3, 0.4) is 0 Å². The highest BCUT2D eigenvalue weighted by Gasteiger charge is 2.28. The third kappa shape index (κ3) is 4.34. The standard InChI is InChI=1S/C12H21NO4/c1-9-10(2)17-8-7-13(9)11(14)5-3-4-6-12(15)16/h9-10H,3-8H2,1-2H3,(H,15,16). The van der Waals surface area contributed by atoms with Gasteiger partial charge in [-0.05, 0) is 26.7 Å². The number of hydrogen-bond acceptors (Lipinski definition) is 3. The minimum absolute atomic E-state index is 0.0757. The predicted octanol–water partition coefficient (Wildman–Crippen LogP) is 1.27. The molecule has 1 rings (SSSR count). The van der Waals surface area contributed by atoms with Crippen molar-refractivity contribution in [3.8, 4) is 0 Å². The van der Waals surface area contributed by atoms with Gasteiger partial charge in [0.25, 0.3) is 0 Å². The van der Waals surface area contributed by atoms with E-state index < -0.39 is 5.97 Å². The van der Waals surface area contributed by atoms with Gasteiger partial charge in [0.05, 0.1) is 18.8 Å². The lowest BCUT2D eigenvalue weighted by Crippen LogP contribution is -2.51. The van der Waals surface area contributed by atoms with Crippen LogP contribution in [0, 0.1) is 0 Å². The van der Waals surface area contributed by atoms with Gasteiger partial charge in [0.15, 0.2) is 0 Å². The molecule has 0 bridgehead atoms. The summed E-state index contributed by atoms with van der Waals surface area (Å²) in [5.41, 5.74) is 0. The van der Waals surface area contributed by atoms with E-state index in [0.717, 1.165) is 0 Å². The average molecular weight is 243 g/mol. The van der Waals surface area contributed by atoms with E-state index in [4.69, 9.17) is 9.84 Å². The van der Waals surface area contributed by atoms with Gasteiger partial charge in [-0.2, -0.15) is 0 Å². The third-order valence-corrected chi connectivity index (χ3v) is 3.24. The monoisotopic (exact) mass is 243 g/mol. The van der Waals surface area contributed by atoms with E-state index in [-0.39, 0.29) is 24.5 Å². The summed E-state index contributed by atoms with van der Waals surface area (Å²) in [4.78, 5) is 24.1. The summed E-state index contributed by atoms with van der Waals surface area (Å²) in [6.45, 7) is 5.18. The molecule has 1 amide bonds. The summed E-state index contributed by atoms with van der Waals surface area (Å²) in [5.74, 6) is -0.691. The molecule has 5 nitrogen and oxygen atoms in total. The second-order valence-electron chi connectivity index (χ2n) is 4.50. The van der Waals surface area contributed by atoms with Crippen molar-refractivity contribution >= 4 is 11.9 Å². The fourth-order valence-corrected chi connectivity index (χ4v) is 1.98. The summed E-state index contributed by atoms with van der Waals surface area (Å²) in [6.07, 6.45) is 1.86. The first-order valence-corrected chi connectivity index (χ1v) is 6.15. The Hall–Kier alpha value is -1.10. The van der Waals surface area contributed by atoms with Crippen molar-refractivity contribution in [1.82, 2.24) is 4.90 Å². The van der Waals surface area contributed by atoms with E-state index >= 15 is 0 Å². The number of carboxylic acid groups (broad SMARTS) is 1. The van der Waals surface area contributed by atoms with Gasteiger partial charge in [0, 0.05) is 19.4 Å². The van der Waals surface area contributed by atoms with Crippen LogP contribution in [0.2, 0.25) is 0 Å². The van der Waals surface area contributed by atoms with Gasteiger partial charge in [0.2, 0.25) is 5.91 Å². The van der Waals surface area contributed by atoms with Crippen molar-refractivity contribution < 1.29 is 19.4 Å². The first-order chi connectivity index (χ1) is 8.02. The second-order valence-corrected chi connectivity index (χ2v) is 4.50. The highest BCUT2D eigenvalue weighted by Crippen LogP contribution is 2.15. The average Bonchev–Trinajstić information content (AvgIpc) is 2.27. The van der Waals surface area contributed by atoms with Crippen LogP contribution in [0.25, 0.3) is 0 Å². The fourth-order valence-electron chi connectivity index (χ4n) is 1.98. The first-order valence-electron chi connectivity index (χ1n) is 6.15. The van der Waals surface area contributed by atoms with Crippen LogP contribution in [-0.2, 0) is 14.3 Å². The molecule has 1 heterocycles. The van der Waals surface area contributed by atoms with E-state index in [0.29, 0.717) is 32.4 Å². The minimum Gasteiger partial charge on any atom is -0.481 e. The van der Waals surface area contributed by atoms with E-state index in [1.807, 2.05) is 18.7 Å². The molecule has 17 heavy (non-hydrogen) atoms. The molecule has 0 aromatic carbocycles. The lowest BCUT2D eigenvalue weighted by atomic mass is 10.1. The van der Waals surface area contributed by atoms with Crippen molar-refractivity contribution in [3.63, 3.8) is 0 Å². The molecule has 1 saturated heterocycles. The number of rotatable bonds is 5. The van der Waals surface area contributed by atoms with Gasteiger partial charge in [-0.25, -0.2) is 0 Å². The van der Waals surface area contributed by atoms with Crippen LogP contribution in [0.1, 0.15) is 39.5 Å². The number of unbranched alkanes of at least 4 members (excludes halogenated alkanes) is 1. The normalized spacial score (nSPS) is 24.7.